The standard InChI is InChI=1S/C30H33FN6O2.C29H34FN7O2.C29H32FN7O2.C23H31F2N5O2/c1-19-10-11-20(15-22(19)31)24-16-21(29(2,3)4)26-33-25(17-37(26)34-24)28(39)36-14-13-35(18-30(36,5)6)27(38)23-9-7-8-12-32-23;1-17-8-9-19(13-21(17)30)22-14-20(28(3,4)5)25-31-24(15-37(25)34-22)27(39)36-11-10-35(16-29(36,6)7)26(38)23-12-18(2)32-33-23;1-18-8-9-19(14-21(18)30)22-15-20(28(2,3)4)25-33-23(16-37(25)34-22)26(38)36-13-12-35(17-29(36,5)6)27(39)24-31-10-7-11-32-24;1-21(2,3)15-12-16(14-6-8-23(24,25)9-7-14)28-30-13-17(27-18(15)30)19(31)29-11-10-26-20(32)22(29,4)5/h7-12,15-17H,13-14,18H2,1-6H3;8-9,12-15H,10-11,16H2,1-7H3,(H,32,33);7-11,14-16H,12-13,17H2,1-6H3;12-14H,6-11H2,1-5H3,(H,26,32). The van der Waals surface area contributed by atoms with Gasteiger partial charge in [-0.25, -0.2) is 69.9 Å². The number of benzene rings is 3. The van der Waals surface area contributed by atoms with Gasteiger partial charge in [-0.3, -0.25) is 48.4 Å². The molecule has 4 saturated heterocycles. The SMILES string of the molecule is CC(C)(C)c1cc(C2CCC(F)(F)CC2)nn2cc(C(=O)N3CCNC(=O)C3(C)C)nc12.Cc1cc(C(=O)N2CCN(C(=O)c3cn4nc(-c5ccc(C)c(F)c5)cc(C(C)(C)C)c4n3)C(C)(C)C2)n[nH]1.Cc1ccc(-c2cc(C(C)(C)C)c3nc(C(=O)N4CCN(C(=O)c5ccccn5)CC4(C)C)cn3n2)cc1F.Cc1ccc(-c2cc(C(C)(C)C)c3nc(C(=O)N4CCN(C(=O)c5ncccn5)CC4(C)C)cn3n2)cc1F. The molecule has 38 heteroatoms. The summed E-state index contributed by atoms with van der Waals surface area (Å²) in [6, 6.07) is 31.5. The van der Waals surface area contributed by atoms with Gasteiger partial charge in [0.15, 0.2) is 22.6 Å². The Labute approximate surface area is 862 Å². The summed E-state index contributed by atoms with van der Waals surface area (Å²) in [7, 11) is 0. The number of carbonyl (C=O) groups is 8. The highest BCUT2D eigenvalue weighted by atomic mass is 19.3. The number of aromatic amines is 1. The van der Waals surface area contributed by atoms with Crippen molar-refractivity contribution in [3.8, 4) is 33.8 Å². The van der Waals surface area contributed by atoms with E-state index in [1.165, 1.54) is 35.5 Å². The van der Waals surface area contributed by atoms with E-state index in [1.807, 2.05) is 90.9 Å². The molecule has 14 aromatic rings. The van der Waals surface area contributed by atoms with Gasteiger partial charge in [0.05, 0.1) is 64.2 Å². The molecule has 5 aliphatic rings. The summed E-state index contributed by atoms with van der Waals surface area (Å²) in [5.74, 6) is -5.19. The summed E-state index contributed by atoms with van der Waals surface area (Å²) in [5, 5.41) is 28.5. The number of imidazole rings is 4. The van der Waals surface area contributed by atoms with Crippen LogP contribution in [0.15, 0.2) is 153 Å². The maximum atomic E-state index is 14.4. The molecule has 15 heterocycles. The quantitative estimate of drug-likeness (QED) is 0.114. The van der Waals surface area contributed by atoms with E-state index in [0.717, 1.165) is 33.6 Å². The van der Waals surface area contributed by atoms with Gasteiger partial charge in [-0.05, 0) is 201 Å². The molecular weight excluding hydrogens is 1910 g/mol. The first-order valence-electron chi connectivity index (χ1n) is 50.2. The third-order valence-electron chi connectivity index (χ3n) is 28.3. The minimum atomic E-state index is -2.60. The topological polar surface area (TPSA) is 359 Å². The van der Waals surface area contributed by atoms with Gasteiger partial charge in [-0.1, -0.05) is 126 Å². The lowest BCUT2D eigenvalue weighted by Crippen LogP contribution is -2.63. The summed E-state index contributed by atoms with van der Waals surface area (Å²) < 4.78 is 76.8. The van der Waals surface area contributed by atoms with Crippen LogP contribution in [0, 0.1) is 45.1 Å². The van der Waals surface area contributed by atoms with E-state index in [9.17, 15) is 60.3 Å². The zero-order valence-electron chi connectivity index (χ0n) is 89.1. The molecule has 8 amide bonds. The van der Waals surface area contributed by atoms with Gasteiger partial charge in [-0.2, -0.15) is 25.5 Å². The number of aryl methyl sites for hydroxylation is 4. The van der Waals surface area contributed by atoms with Crippen LogP contribution in [0.3, 0.4) is 0 Å². The molecule has 149 heavy (non-hydrogen) atoms. The number of amides is 8. The average Bonchev–Trinajstić information content (AvgIpc) is 1.72. The number of aromatic nitrogens is 17. The Bertz CT molecular complexity index is 7320. The van der Waals surface area contributed by atoms with Crippen molar-refractivity contribution in [3.05, 3.63) is 260 Å². The number of hydrogen-bond donors (Lipinski definition) is 2. The molecular formula is C111H130F5N25O8. The summed E-state index contributed by atoms with van der Waals surface area (Å²) in [6.07, 6.45) is 11.7. The van der Waals surface area contributed by atoms with Crippen LogP contribution in [0.5, 0.6) is 0 Å². The van der Waals surface area contributed by atoms with Crippen molar-refractivity contribution in [3.63, 3.8) is 0 Å². The number of carbonyl (C=O) groups excluding carboxylic acids is 8. The molecule has 3 aromatic carbocycles. The molecule has 1 aliphatic carbocycles. The third kappa shape index (κ3) is 22.4. The normalized spacial score (nSPS) is 16.9. The van der Waals surface area contributed by atoms with Crippen molar-refractivity contribution in [1.29, 1.82) is 0 Å². The molecule has 0 spiro atoms. The minimum Gasteiger partial charge on any atom is -0.352 e. The van der Waals surface area contributed by atoms with E-state index in [2.05, 4.69) is 124 Å². The third-order valence-corrected chi connectivity index (χ3v) is 28.3. The van der Waals surface area contributed by atoms with Crippen LogP contribution in [0.4, 0.5) is 22.0 Å². The summed E-state index contributed by atoms with van der Waals surface area (Å²) in [5.41, 5.74) is 10.7. The molecule has 4 aliphatic heterocycles. The number of pyridine rings is 1. The van der Waals surface area contributed by atoms with Crippen LogP contribution in [0.1, 0.15) is 294 Å². The summed E-state index contributed by atoms with van der Waals surface area (Å²) in [4.78, 5) is 149. The molecule has 0 unspecified atom stereocenters. The van der Waals surface area contributed by atoms with Crippen molar-refractivity contribution in [2.75, 3.05) is 72.0 Å². The zero-order valence-corrected chi connectivity index (χ0v) is 89.1. The van der Waals surface area contributed by atoms with Crippen LogP contribution < -0.4 is 5.32 Å². The predicted molar refractivity (Wildman–Crippen MR) is 554 cm³/mol. The van der Waals surface area contributed by atoms with Crippen molar-refractivity contribution in [2.24, 2.45) is 0 Å². The lowest BCUT2D eigenvalue weighted by molar-refractivity contribution is -0.133. The highest BCUT2D eigenvalue weighted by Gasteiger charge is 2.47. The lowest BCUT2D eigenvalue weighted by Gasteiger charge is -2.46. The predicted octanol–water partition coefficient (Wildman–Crippen LogP) is 17.4. The molecule has 33 nitrogen and oxygen atoms in total. The van der Waals surface area contributed by atoms with Crippen LogP contribution in [0.2, 0.25) is 0 Å². The zero-order chi connectivity index (χ0) is 108. The summed E-state index contributed by atoms with van der Waals surface area (Å²) >= 11 is 0. The second-order valence-electron chi connectivity index (χ2n) is 45.9. The maximum absolute atomic E-state index is 14.4. The Morgan fingerprint density at radius 2 is 0.725 bits per heavy atom. The van der Waals surface area contributed by atoms with Crippen LogP contribution in [-0.2, 0) is 26.5 Å². The number of rotatable bonds is 11. The molecule has 5 fully saturated rings. The number of H-pyrrole nitrogens is 1. The van der Waals surface area contributed by atoms with Gasteiger partial charge in [0.25, 0.3) is 41.4 Å². The first-order chi connectivity index (χ1) is 69.7. The Morgan fingerprint density at radius 1 is 0.376 bits per heavy atom. The smallest absolute Gasteiger partial charge is 0.291 e. The van der Waals surface area contributed by atoms with Gasteiger partial charge in [0, 0.05) is 154 Å². The van der Waals surface area contributed by atoms with Crippen molar-refractivity contribution in [2.45, 2.75) is 248 Å². The van der Waals surface area contributed by atoms with E-state index in [-0.39, 0.29) is 134 Å². The molecule has 0 radical (unpaired) electrons. The fourth-order valence-corrected chi connectivity index (χ4v) is 19.6. The fourth-order valence-electron chi connectivity index (χ4n) is 19.6. The second-order valence-corrected chi connectivity index (χ2v) is 45.9. The maximum Gasteiger partial charge on any atom is 0.291 e. The van der Waals surface area contributed by atoms with Gasteiger partial charge >= 0.3 is 0 Å². The number of hydrogen-bond acceptors (Lipinski definition) is 20. The minimum absolute atomic E-state index is 0.0496. The second kappa shape index (κ2) is 40.2. The van der Waals surface area contributed by atoms with Crippen molar-refractivity contribution >= 4 is 69.8 Å². The van der Waals surface area contributed by atoms with Crippen LogP contribution in [-0.4, -0.2) is 265 Å². The highest BCUT2D eigenvalue weighted by molar-refractivity contribution is 6.00. The number of fused-ring (bicyclic) bond motifs is 4. The number of nitrogens with one attached hydrogen (secondary N) is 2. The summed E-state index contributed by atoms with van der Waals surface area (Å²) in [6.45, 7) is 50.9. The Kier molecular flexibility index (Phi) is 28.8. The van der Waals surface area contributed by atoms with Crippen LogP contribution >= 0.6 is 0 Å². The largest absolute Gasteiger partial charge is 0.352 e. The highest BCUT2D eigenvalue weighted by Crippen LogP contribution is 2.44. The first kappa shape index (κ1) is 107. The van der Waals surface area contributed by atoms with Gasteiger partial charge in [-0.15, -0.1) is 0 Å². The number of alkyl halides is 2. The first-order valence-corrected chi connectivity index (χ1v) is 50.2. The van der Waals surface area contributed by atoms with Gasteiger partial charge < -0.3 is 39.6 Å². The molecule has 1 saturated carbocycles. The molecule has 11 aromatic heterocycles. The number of piperazine rings is 4. The van der Waals surface area contributed by atoms with E-state index in [0.29, 0.717) is 169 Å². The Hall–Kier alpha value is -15.0. The number of nitrogens with zero attached hydrogens (tertiary/aromatic N) is 23. The van der Waals surface area contributed by atoms with Gasteiger partial charge in [0.2, 0.25) is 17.7 Å². The molecule has 2 N–H and O–H groups in total. The Balaban J connectivity index is 0.000000142. The average molecular weight is 2040 g/mol. The lowest BCUT2D eigenvalue weighted by atomic mass is 9.82. The van der Waals surface area contributed by atoms with E-state index < -0.39 is 28.1 Å². The Morgan fingerprint density at radius 3 is 1.07 bits per heavy atom. The molecule has 782 valence electrons. The fraction of sp³-hybridized carbons (Fsp3) is 0.441. The van der Waals surface area contributed by atoms with E-state index in [1.54, 1.807) is 162 Å². The number of halogens is 5. The molecule has 0 bridgehead atoms. The molecule has 0 atom stereocenters. The van der Waals surface area contributed by atoms with E-state index in [4.69, 9.17) is 30.2 Å². The monoisotopic (exact) mass is 2040 g/mol. The van der Waals surface area contributed by atoms with Gasteiger partial charge in [0.1, 0.15) is 57.2 Å². The van der Waals surface area contributed by atoms with Crippen LogP contribution in [0.25, 0.3) is 56.4 Å². The van der Waals surface area contributed by atoms with Crippen molar-refractivity contribution < 1.29 is 60.3 Å². The van der Waals surface area contributed by atoms with Crippen molar-refractivity contribution in [1.82, 2.24) is 123 Å². The molecule has 19 rings (SSSR count). The van der Waals surface area contributed by atoms with E-state index >= 15 is 0 Å².